The Hall–Kier alpha value is -2.24. The summed E-state index contributed by atoms with van der Waals surface area (Å²) in [6.45, 7) is 1.72. The number of benzene rings is 1. The van der Waals surface area contributed by atoms with Gasteiger partial charge in [0.25, 0.3) is 5.91 Å². The standard InChI is InChI=1S/C12H14N2O4/c1-7(12(16)17)14-11(15)10-6-13-8-4-2-3-5-9(8)18-10/h2-5,7,10,13H,6H2,1H3,(H,14,15)(H,16,17)/t7-,10?/m0/s1. The van der Waals surface area contributed by atoms with Crippen LogP contribution in [0.2, 0.25) is 0 Å². The van der Waals surface area contributed by atoms with Crippen molar-refractivity contribution in [3.8, 4) is 5.75 Å². The number of hydrogen-bond donors (Lipinski definition) is 3. The van der Waals surface area contributed by atoms with Gasteiger partial charge in [0.05, 0.1) is 12.2 Å². The molecule has 0 aromatic heterocycles. The van der Waals surface area contributed by atoms with Crippen LogP contribution in [0.4, 0.5) is 5.69 Å². The van der Waals surface area contributed by atoms with Crippen LogP contribution in [0.3, 0.4) is 0 Å². The monoisotopic (exact) mass is 250 g/mol. The maximum atomic E-state index is 11.8. The van der Waals surface area contributed by atoms with Gasteiger partial charge in [-0.1, -0.05) is 12.1 Å². The van der Waals surface area contributed by atoms with Gasteiger partial charge in [0.2, 0.25) is 0 Å². The fraction of sp³-hybridized carbons (Fsp3) is 0.333. The molecule has 6 heteroatoms. The van der Waals surface area contributed by atoms with Crippen molar-refractivity contribution in [2.75, 3.05) is 11.9 Å². The molecule has 96 valence electrons. The Balaban J connectivity index is 2.00. The van der Waals surface area contributed by atoms with E-state index in [4.69, 9.17) is 9.84 Å². The molecule has 1 aromatic carbocycles. The fourth-order valence-electron chi connectivity index (χ4n) is 1.63. The van der Waals surface area contributed by atoms with Crippen LogP contribution in [0.25, 0.3) is 0 Å². The lowest BCUT2D eigenvalue weighted by atomic mass is 10.2. The van der Waals surface area contributed by atoms with Crippen LogP contribution in [0.15, 0.2) is 24.3 Å². The van der Waals surface area contributed by atoms with E-state index in [1.165, 1.54) is 6.92 Å². The number of aliphatic carboxylic acids is 1. The van der Waals surface area contributed by atoms with Crippen molar-refractivity contribution in [1.29, 1.82) is 0 Å². The Morgan fingerprint density at radius 3 is 2.94 bits per heavy atom. The molecule has 0 spiro atoms. The van der Waals surface area contributed by atoms with Crippen molar-refractivity contribution in [2.24, 2.45) is 0 Å². The van der Waals surface area contributed by atoms with Gasteiger partial charge in [-0.2, -0.15) is 0 Å². The number of rotatable bonds is 3. The Labute approximate surface area is 104 Å². The molecule has 0 radical (unpaired) electrons. The van der Waals surface area contributed by atoms with Gasteiger partial charge < -0.3 is 20.5 Å². The quantitative estimate of drug-likeness (QED) is 0.725. The number of anilines is 1. The summed E-state index contributed by atoms with van der Waals surface area (Å²) >= 11 is 0. The largest absolute Gasteiger partial charge is 0.480 e. The maximum absolute atomic E-state index is 11.8. The predicted octanol–water partition coefficient (Wildman–Crippen LogP) is 0.449. The lowest BCUT2D eigenvalue weighted by molar-refractivity contribution is -0.142. The number of hydrogen-bond acceptors (Lipinski definition) is 4. The van der Waals surface area contributed by atoms with Crippen LogP contribution in [0, 0.1) is 0 Å². The van der Waals surface area contributed by atoms with Crippen LogP contribution in [0.1, 0.15) is 6.92 Å². The number of nitrogens with one attached hydrogen (secondary N) is 2. The summed E-state index contributed by atoms with van der Waals surface area (Å²) in [6.07, 6.45) is -0.721. The number of para-hydroxylation sites is 2. The van der Waals surface area contributed by atoms with Crippen molar-refractivity contribution in [3.05, 3.63) is 24.3 Å². The lowest BCUT2D eigenvalue weighted by Crippen LogP contribution is -2.49. The second kappa shape index (κ2) is 4.95. The van der Waals surface area contributed by atoms with E-state index in [2.05, 4.69) is 10.6 Å². The summed E-state index contributed by atoms with van der Waals surface area (Å²) in [7, 11) is 0. The number of carboxylic acid groups (broad SMARTS) is 1. The Morgan fingerprint density at radius 2 is 2.22 bits per heavy atom. The zero-order valence-corrected chi connectivity index (χ0v) is 9.84. The molecule has 1 aromatic rings. The highest BCUT2D eigenvalue weighted by Gasteiger charge is 2.27. The summed E-state index contributed by atoms with van der Waals surface area (Å²) in [6, 6.07) is 6.34. The van der Waals surface area contributed by atoms with Crippen LogP contribution < -0.4 is 15.4 Å². The molecule has 0 saturated carbocycles. The van der Waals surface area contributed by atoms with Gasteiger partial charge in [0.15, 0.2) is 6.10 Å². The second-order valence-electron chi connectivity index (χ2n) is 4.05. The van der Waals surface area contributed by atoms with E-state index in [1.54, 1.807) is 12.1 Å². The number of amides is 1. The number of carboxylic acids is 1. The smallest absolute Gasteiger partial charge is 0.325 e. The molecule has 0 aliphatic carbocycles. The van der Waals surface area contributed by atoms with E-state index in [0.29, 0.717) is 12.3 Å². The molecule has 6 nitrogen and oxygen atoms in total. The molecule has 2 atom stereocenters. The second-order valence-corrected chi connectivity index (χ2v) is 4.05. The average molecular weight is 250 g/mol. The van der Waals surface area contributed by atoms with Crippen molar-refractivity contribution >= 4 is 17.6 Å². The van der Waals surface area contributed by atoms with Gasteiger partial charge in [-0.3, -0.25) is 9.59 Å². The molecule has 2 rings (SSSR count). The van der Waals surface area contributed by atoms with Crippen molar-refractivity contribution < 1.29 is 19.4 Å². The van der Waals surface area contributed by atoms with Crippen LogP contribution in [0.5, 0.6) is 5.75 Å². The molecule has 1 aliphatic heterocycles. The Bertz CT molecular complexity index is 475. The molecule has 1 amide bonds. The van der Waals surface area contributed by atoms with E-state index in [0.717, 1.165) is 5.69 Å². The summed E-state index contributed by atoms with van der Waals surface area (Å²) < 4.78 is 5.51. The van der Waals surface area contributed by atoms with Crippen LogP contribution >= 0.6 is 0 Å². The van der Waals surface area contributed by atoms with E-state index in [-0.39, 0.29) is 0 Å². The molecular weight excluding hydrogens is 236 g/mol. The van der Waals surface area contributed by atoms with E-state index in [9.17, 15) is 9.59 Å². The number of ether oxygens (including phenoxy) is 1. The third-order valence-electron chi connectivity index (χ3n) is 2.66. The molecule has 18 heavy (non-hydrogen) atoms. The maximum Gasteiger partial charge on any atom is 0.325 e. The van der Waals surface area contributed by atoms with Gasteiger partial charge >= 0.3 is 5.97 Å². The summed E-state index contributed by atoms with van der Waals surface area (Å²) in [5, 5.41) is 14.2. The number of carbonyl (C=O) groups is 2. The highest BCUT2D eigenvalue weighted by Crippen LogP contribution is 2.28. The van der Waals surface area contributed by atoms with E-state index >= 15 is 0 Å². The third kappa shape index (κ3) is 2.53. The van der Waals surface area contributed by atoms with Crippen molar-refractivity contribution in [2.45, 2.75) is 19.1 Å². The SMILES string of the molecule is C[C@H](NC(=O)C1CNc2ccccc2O1)C(=O)O. The minimum absolute atomic E-state index is 0.315. The molecule has 0 fully saturated rings. The first-order chi connectivity index (χ1) is 8.58. The predicted molar refractivity (Wildman–Crippen MR) is 64.6 cm³/mol. The summed E-state index contributed by atoms with van der Waals surface area (Å²) in [5.74, 6) is -0.925. The first-order valence-electron chi connectivity index (χ1n) is 5.60. The van der Waals surface area contributed by atoms with Gasteiger partial charge in [-0.25, -0.2) is 0 Å². The molecule has 1 aliphatic rings. The first kappa shape index (κ1) is 12.2. The third-order valence-corrected chi connectivity index (χ3v) is 2.66. The highest BCUT2D eigenvalue weighted by molar-refractivity contribution is 5.87. The number of fused-ring (bicyclic) bond motifs is 1. The lowest BCUT2D eigenvalue weighted by Gasteiger charge is -2.26. The van der Waals surface area contributed by atoms with Gasteiger partial charge in [0.1, 0.15) is 11.8 Å². The fourth-order valence-corrected chi connectivity index (χ4v) is 1.63. The molecule has 1 unspecified atom stereocenters. The highest BCUT2D eigenvalue weighted by atomic mass is 16.5. The minimum atomic E-state index is -1.08. The van der Waals surface area contributed by atoms with Crippen LogP contribution in [-0.4, -0.2) is 35.7 Å². The number of carbonyl (C=O) groups excluding carboxylic acids is 1. The summed E-state index contributed by atoms with van der Waals surface area (Å²) in [4.78, 5) is 22.4. The molecule has 0 bridgehead atoms. The summed E-state index contributed by atoms with van der Waals surface area (Å²) in [5.41, 5.74) is 0.827. The zero-order chi connectivity index (χ0) is 13.1. The normalized spacial score (nSPS) is 18.8. The molecule has 1 heterocycles. The van der Waals surface area contributed by atoms with Gasteiger partial charge in [-0.15, -0.1) is 0 Å². The van der Waals surface area contributed by atoms with Crippen LogP contribution in [-0.2, 0) is 9.59 Å². The minimum Gasteiger partial charge on any atom is -0.480 e. The van der Waals surface area contributed by atoms with Crippen molar-refractivity contribution in [3.63, 3.8) is 0 Å². The van der Waals surface area contributed by atoms with Crippen molar-refractivity contribution in [1.82, 2.24) is 5.32 Å². The van der Waals surface area contributed by atoms with Gasteiger partial charge in [-0.05, 0) is 19.1 Å². The molecule has 0 saturated heterocycles. The Kier molecular flexibility index (Phi) is 3.36. The molecular formula is C12H14N2O4. The van der Waals surface area contributed by atoms with Gasteiger partial charge in [0, 0.05) is 0 Å². The topological polar surface area (TPSA) is 87.7 Å². The van der Waals surface area contributed by atoms with E-state index < -0.39 is 24.0 Å². The average Bonchev–Trinajstić information content (AvgIpc) is 2.37. The zero-order valence-electron chi connectivity index (χ0n) is 9.84. The Morgan fingerprint density at radius 1 is 1.50 bits per heavy atom. The van der Waals surface area contributed by atoms with E-state index in [1.807, 2.05) is 12.1 Å². The first-order valence-corrected chi connectivity index (χ1v) is 5.60. The molecule has 3 N–H and O–H groups in total.